The number of nitrogens with one attached hydrogen (secondary N) is 2. The Morgan fingerprint density at radius 3 is 2.65 bits per heavy atom. The van der Waals surface area contributed by atoms with Crippen LogP contribution in [0.2, 0.25) is 5.02 Å². The number of anilines is 2. The Kier molecular flexibility index (Phi) is 4.46. The van der Waals surface area contributed by atoms with Gasteiger partial charge in [-0.3, -0.25) is 4.72 Å². The zero-order chi connectivity index (χ0) is 14.6. The van der Waals surface area contributed by atoms with Gasteiger partial charge in [0, 0.05) is 17.8 Å². The summed E-state index contributed by atoms with van der Waals surface area (Å²) in [6.07, 6.45) is 1.31. The SMILES string of the molecule is CCNc1ccc(S(=O)(=O)Nc2cccc(Cl)c2)cn1. The average Bonchev–Trinajstić information content (AvgIpc) is 2.39. The number of hydrogen-bond acceptors (Lipinski definition) is 4. The number of rotatable bonds is 5. The Morgan fingerprint density at radius 2 is 2.05 bits per heavy atom. The van der Waals surface area contributed by atoms with Crippen LogP contribution in [-0.4, -0.2) is 19.9 Å². The Labute approximate surface area is 123 Å². The van der Waals surface area contributed by atoms with Gasteiger partial charge in [0.2, 0.25) is 0 Å². The lowest BCUT2D eigenvalue weighted by molar-refractivity contribution is 0.601. The molecule has 5 nitrogen and oxygen atoms in total. The molecule has 0 saturated heterocycles. The molecule has 0 amide bonds. The molecule has 2 rings (SSSR count). The van der Waals surface area contributed by atoms with Crippen LogP contribution >= 0.6 is 11.6 Å². The summed E-state index contributed by atoms with van der Waals surface area (Å²) in [5.74, 6) is 0.634. The second-order valence-corrected chi connectivity index (χ2v) is 6.14. The molecule has 1 aromatic heterocycles. The van der Waals surface area contributed by atoms with Crippen LogP contribution in [0.4, 0.5) is 11.5 Å². The van der Waals surface area contributed by atoms with Gasteiger partial charge in [-0.1, -0.05) is 17.7 Å². The molecule has 106 valence electrons. The fourth-order valence-corrected chi connectivity index (χ4v) is 2.78. The van der Waals surface area contributed by atoms with E-state index in [0.29, 0.717) is 16.5 Å². The molecule has 0 fully saturated rings. The number of sulfonamides is 1. The maximum Gasteiger partial charge on any atom is 0.263 e. The van der Waals surface area contributed by atoms with Gasteiger partial charge in [0.05, 0.1) is 5.69 Å². The van der Waals surface area contributed by atoms with E-state index in [0.717, 1.165) is 6.54 Å². The topological polar surface area (TPSA) is 71.1 Å². The maximum absolute atomic E-state index is 12.2. The minimum atomic E-state index is -3.66. The van der Waals surface area contributed by atoms with Gasteiger partial charge in [-0.25, -0.2) is 13.4 Å². The Morgan fingerprint density at radius 1 is 1.25 bits per heavy atom. The molecule has 0 aliphatic heterocycles. The lowest BCUT2D eigenvalue weighted by Gasteiger charge is -2.09. The Hall–Kier alpha value is -1.79. The molecule has 2 aromatic rings. The minimum absolute atomic E-state index is 0.0964. The molecular formula is C13H14ClN3O2S. The fraction of sp³-hybridized carbons (Fsp3) is 0.154. The van der Waals surface area contributed by atoms with Crippen molar-refractivity contribution in [3.05, 3.63) is 47.6 Å². The Bertz CT molecular complexity index is 687. The van der Waals surface area contributed by atoms with Crippen LogP contribution < -0.4 is 10.0 Å². The van der Waals surface area contributed by atoms with Crippen molar-refractivity contribution in [2.75, 3.05) is 16.6 Å². The van der Waals surface area contributed by atoms with Crippen LogP contribution in [0.25, 0.3) is 0 Å². The number of benzene rings is 1. The summed E-state index contributed by atoms with van der Waals surface area (Å²) in [5.41, 5.74) is 0.410. The molecule has 0 atom stereocenters. The zero-order valence-electron chi connectivity index (χ0n) is 10.8. The molecule has 0 aliphatic carbocycles. The quantitative estimate of drug-likeness (QED) is 0.890. The van der Waals surface area contributed by atoms with Crippen molar-refractivity contribution < 1.29 is 8.42 Å². The van der Waals surface area contributed by atoms with E-state index in [2.05, 4.69) is 15.0 Å². The smallest absolute Gasteiger partial charge is 0.263 e. The highest BCUT2D eigenvalue weighted by molar-refractivity contribution is 7.92. The number of nitrogens with zero attached hydrogens (tertiary/aromatic N) is 1. The maximum atomic E-state index is 12.2. The molecule has 2 N–H and O–H groups in total. The minimum Gasteiger partial charge on any atom is -0.370 e. The van der Waals surface area contributed by atoms with Crippen LogP contribution in [0.1, 0.15) is 6.92 Å². The molecule has 0 aliphatic rings. The van der Waals surface area contributed by atoms with Gasteiger partial charge in [0.25, 0.3) is 10.0 Å². The third kappa shape index (κ3) is 3.61. The standard InChI is InChI=1S/C13H14ClN3O2S/c1-2-15-13-7-6-12(9-16-13)20(18,19)17-11-5-3-4-10(14)8-11/h3-9,17H,2H2,1H3,(H,15,16). The van der Waals surface area contributed by atoms with Gasteiger partial charge in [0.15, 0.2) is 0 Å². The third-order valence-electron chi connectivity index (χ3n) is 2.48. The number of halogens is 1. The fourth-order valence-electron chi connectivity index (χ4n) is 1.59. The van der Waals surface area contributed by atoms with E-state index < -0.39 is 10.0 Å². The van der Waals surface area contributed by atoms with Crippen molar-refractivity contribution >= 4 is 33.1 Å². The van der Waals surface area contributed by atoms with Crippen LogP contribution in [0, 0.1) is 0 Å². The molecule has 7 heteroatoms. The zero-order valence-corrected chi connectivity index (χ0v) is 12.4. The molecule has 0 unspecified atom stereocenters. The Balaban J connectivity index is 2.21. The van der Waals surface area contributed by atoms with Crippen LogP contribution in [0.5, 0.6) is 0 Å². The van der Waals surface area contributed by atoms with Crippen molar-refractivity contribution in [1.29, 1.82) is 0 Å². The van der Waals surface area contributed by atoms with Crippen LogP contribution in [-0.2, 0) is 10.0 Å². The van der Waals surface area contributed by atoms with E-state index in [1.165, 1.54) is 12.3 Å². The first-order valence-corrected chi connectivity index (χ1v) is 7.85. The molecule has 0 spiro atoms. The second-order valence-electron chi connectivity index (χ2n) is 4.03. The molecule has 0 radical (unpaired) electrons. The number of hydrogen-bond donors (Lipinski definition) is 2. The lowest BCUT2D eigenvalue weighted by atomic mass is 10.3. The monoisotopic (exact) mass is 311 g/mol. The van der Waals surface area contributed by atoms with Crippen molar-refractivity contribution in [2.24, 2.45) is 0 Å². The van der Waals surface area contributed by atoms with E-state index in [-0.39, 0.29) is 4.90 Å². The summed E-state index contributed by atoms with van der Waals surface area (Å²) >= 11 is 5.82. The third-order valence-corrected chi connectivity index (χ3v) is 4.08. The molecule has 1 aromatic carbocycles. The summed E-state index contributed by atoms with van der Waals surface area (Å²) < 4.78 is 26.8. The van der Waals surface area contributed by atoms with Crippen LogP contribution in [0.3, 0.4) is 0 Å². The van der Waals surface area contributed by atoms with Gasteiger partial charge >= 0.3 is 0 Å². The normalized spacial score (nSPS) is 11.1. The van der Waals surface area contributed by atoms with Gasteiger partial charge < -0.3 is 5.32 Å². The highest BCUT2D eigenvalue weighted by Crippen LogP contribution is 2.19. The van der Waals surface area contributed by atoms with E-state index in [4.69, 9.17) is 11.6 Å². The second kappa shape index (κ2) is 6.11. The van der Waals surface area contributed by atoms with Crippen molar-refractivity contribution in [2.45, 2.75) is 11.8 Å². The molecule has 1 heterocycles. The van der Waals surface area contributed by atoms with Gasteiger partial charge in [-0.05, 0) is 37.3 Å². The van der Waals surface area contributed by atoms with Gasteiger partial charge in [-0.2, -0.15) is 0 Å². The molecule has 20 heavy (non-hydrogen) atoms. The molecule has 0 bridgehead atoms. The summed E-state index contributed by atoms with van der Waals surface area (Å²) in [7, 11) is -3.66. The summed E-state index contributed by atoms with van der Waals surface area (Å²) in [5, 5.41) is 3.46. The van der Waals surface area contributed by atoms with Gasteiger partial charge in [-0.15, -0.1) is 0 Å². The summed E-state index contributed by atoms with van der Waals surface area (Å²) in [4.78, 5) is 4.13. The predicted molar refractivity (Wildman–Crippen MR) is 80.7 cm³/mol. The first-order valence-electron chi connectivity index (χ1n) is 5.99. The highest BCUT2D eigenvalue weighted by Gasteiger charge is 2.14. The average molecular weight is 312 g/mol. The first kappa shape index (κ1) is 14.6. The van der Waals surface area contributed by atoms with Crippen molar-refractivity contribution in [1.82, 2.24) is 4.98 Å². The van der Waals surface area contributed by atoms with E-state index in [1.807, 2.05) is 6.92 Å². The van der Waals surface area contributed by atoms with Crippen molar-refractivity contribution in [3.63, 3.8) is 0 Å². The van der Waals surface area contributed by atoms with Crippen LogP contribution in [0.15, 0.2) is 47.5 Å². The summed E-state index contributed by atoms with van der Waals surface area (Å²) in [6.45, 7) is 2.66. The lowest BCUT2D eigenvalue weighted by Crippen LogP contribution is -2.13. The van der Waals surface area contributed by atoms with Crippen molar-refractivity contribution in [3.8, 4) is 0 Å². The predicted octanol–water partition coefficient (Wildman–Crippen LogP) is 2.97. The first-order chi connectivity index (χ1) is 9.51. The highest BCUT2D eigenvalue weighted by atomic mass is 35.5. The summed E-state index contributed by atoms with van der Waals surface area (Å²) in [6, 6.07) is 9.64. The van der Waals surface area contributed by atoms with E-state index in [1.54, 1.807) is 30.3 Å². The molecule has 0 saturated carbocycles. The van der Waals surface area contributed by atoms with Gasteiger partial charge in [0.1, 0.15) is 10.7 Å². The van der Waals surface area contributed by atoms with E-state index in [9.17, 15) is 8.42 Å². The number of pyridine rings is 1. The van der Waals surface area contributed by atoms with E-state index >= 15 is 0 Å². The molecular weight excluding hydrogens is 298 g/mol. The number of aromatic nitrogens is 1. The largest absolute Gasteiger partial charge is 0.370 e.